The van der Waals surface area contributed by atoms with E-state index in [1.165, 1.54) is 126 Å². The topological polar surface area (TPSA) is 26.3 Å². The van der Waals surface area contributed by atoms with E-state index in [0.717, 1.165) is 40.7 Å². The fraction of sp³-hybridized carbons (Fsp3) is 0.0857. The Morgan fingerprint density at radius 3 is 1.22 bits per heavy atom. The number of aryl methyl sites for hydroxylation is 1. The lowest BCUT2D eigenvalue weighted by Gasteiger charge is -2.22. The van der Waals surface area contributed by atoms with Gasteiger partial charge in [-0.15, -0.1) is 0 Å². The zero-order valence-corrected chi connectivity index (χ0v) is 44.0. The van der Waals surface area contributed by atoms with E-state index in [1.807, 2.05) is 0 Å². The minimum atomic E-state index is -2.38. The standard InChI is InChI=1S/C70H52O2Si2/c1-73(2)61-41-58-62(42-57(61)67-63(73)39-55(65-53-29-17-19-31-59(53)71-69(65)67)51-35-47(43-21-9-5-10-22-43)33-48(36-51)44-23-11-6-12-24-44)74(3,4)64-40-56(66-54-30-18-20-32-60(54)72-70(66)68(58)64)52-37-49(45-25-13-7-14-26-45)34-50(38-52)46-27-15-8-16-28-46/h5-17,19-29,31-42H,18,30H2,1-4H3. The molecule has 2 aromatic heterocycles. The molecule has 10 aromatic carbocycles. The maximum Gasteiger partial charge on any atom is 0.143 e. The average Bonchev–Trinajstić information content (AvgIpc) is 4.17. The summed E-state index contributed by atoms with van der Waals surface area (Å²) in [5, 5.41) is 9.46. The molecule has 4 heteroatoms. The molecule has 4 heterocycles. The summed E-state index contributed by atoms with van der Waals surface area (Å²) in [5.41, 5.74) is 24.2. The van der Waals surface area contributed by atoms with Crippen LogP contribution in [-0.4, -0.2) is 16.1 Å². The molecule has 2 nitrogen and oxygen atoms in total. The van der Waals surface area contributed by atoms with Crippen molar-refractivity contribution in [3.05, 3.63) is 224 Å². The van der Waals surface area contributed by atoms with Crippen molar-refractivity contribution in [1.29, 1.82) is 0 Å². The lowest BCUT2D eigenvalue weighted by molar-refractivity contribution is 0.596. The Morgan fingerprint density at radius 1 is 0.351 bits per heavy atom. The second kappa shape index (κ2) is 16.1. The Labute approximate surface area is 433 Å². The van der Waals surface area contributed by atoms with Crippen molar-refractivity contribution in [2.75, 3.05) is 0 Å². The predicted molar refractivity (Wildman–Crippen MR) is 318 cm³/mol. The lowest BCUT2D eigenvalue weighted by Crippen LogP contribution is -2.51. The first-order valence-electron chi connectivity index (χ1n) is 26.2. The van der Waals surface area contributed by atoms with Gasteiger partial charge in [0.25, 0.3) is 0 Å². The second-order valence-electron chi connectivity index (χ2n) is 21.8. The van der Waals surface area contributed by atoms with Crippen LogP contribution in [0.2, 0.25) is 26.2 Å². The molecule has 0 saturated carbocycles. The highest BCUT2D eigenvalue weighted by atomic mass is 28.3. The summed E-state index contributed by atoms with van der Waals surface area (Å²) >= 11 is 0. The van der Waals surface area contributed by atoms with Gasteiger partial charge in [-0.1, -0.05) is 196 Å². The molecule has 0 fully saturated rings. The molecule has 0 saturated heterocycles. The summed E-state index contributed by atoms with van der Waals surface area (Å²) in [5.74, 6) is 1.01. The average molecular weight is 981 g/mol. The summed E-state index contributed by atoms with van der Waals surface area (Å²) in [4.78, 5) is 0. The molecule has 15 rings (SSSR count). The van der Waals surface area contributed by atoms with Gasteiger partial charge in [0.1, 0.15) is 38.7 Å². The second-order valence-corrected chi connectivity index (χ2v) is 30.5. The minimum absolute atomic E-state index is 0.924. The van der Waals surface area contributed by atoms with Crippen molar-refractivity contribution in [1.82, 2.24) is 0 Å². The van der Waals surface area contributed by atoms with E-state index in [9.17, 15) is 0 Å². The van der Waals surface area contributed by atoms with Crippen LogP contribution in [0.25, 0.3) is 128 Å². The van der Waals surface area contributed by atoms with Gasteiger partial charge in [-0.25, -0.2) is 0 Å². The van der Waals surface area contributed by atoms with Crippen molar-refractivity contribution in [3.8, 4) is 89.0 Å². The molecule has 2 aliphatic heterocycles. The molecule has 12 aromatic rings. The first-order chi connectivity index (χ1) is 36.2. The molecule has 0 radical (unpaired) electrons. The van der Waals surface area contributed by atoms with E-state index in [4.69, 9.17) is 8.83 Å². The first kappa shape index (κ1) is 43.3. The van der Waals surface area contributed by atoms with Gasteiger partial charge in [-0.2, -0.15) is 0 Å². The molecular formula is C70H52O2Si2. The molecule has 74 heavy (non-hydrogen) atoms. The van der Waals surface area contributed by atoms with Gasteiger partial charge < -0.3 is 8.83 Å². The van der Waals surface area contributed by atoms with Crippen LogP contribution in [0.5, 0.6) is 0 Å². The highest BCUT2D eigenvalue weighted by Gasteiger charge is 2.46. The summed E-state index contributed by atoms with van der Waals surface area (Å²) in [6, 6.07) is 76.8. The zero-order chi connectivity index (χ0) is 49.5. The Hall–Kier alpha value is -8.29. The van der Waals surface area contributed by atoms with Crippen LogP contribution in [0.3, 0.4) is 0 Å². The normalized spacial score (nSPS) is 14.5. The van der Waals surface area contributed by atoms with Crippen LogP contribution in [-0.2, 0) is 6.42 Å². The Kier molecular flexibility index (Phi) is 9.43. The fourth-order valence-electron chi connectivity index (χ4n) is 13.1. The van der Waals surface area contributed by atoms with Crippen molar-refractivity contribution >= 4 is 75.9 Å². The van der Waals surface area contributed by atoms with E-state index >= 15 is 0 Å². The molecule has 352 valence electrons. The molecule has 0 bridgehead atoms. The van der Waals surface area contributed by atoms with Gasteiger partial charge in [-0.05, 0) is 160 Å². The number of fused-ring (bicyclic) bond motifs is 14. The number of hydrogen-bond acceptors (Lipinski definition) is 2. The molecule has 0 spiro atoms. The third kappa shape index (κ3) is 6.41. The molecule has 0 atom stereocenters. The smallest absolute Gasteiger partial charge is 0.143 e. The maximum absolute atomic E-state index is 7.28. The number of benzene rings is 10. The Balaban J connectivity index is 0.964. The number of para-hydroxylation sites is 1. The number of furan rings is 2. The van der Waals surface area contributed by atoms with E-state index in [2.05, 4.69) is 245 Å². The van der Waals surface area contributed by atoms with E-state index in [0.29, 0.717) is 0 Å². The molecule has 3 aliphatic rings. The van der Waals surface area contributed by atoms with Crippen LogP contribution >= 0.6 is 0 Å². The van der Waals surface area contributed by atoms with Gasteiger partial charge in [0.05, 0.1) is 0 Å². The quantitative estimate of drug-likeness (QED) is 0.155. The van der Waals surface area contributed by atoms with E-state index < -0.39 is 16.1 Å². The third-order valence-electron chi connectivity index (χ3n) is 16.9. The van der Waals surface area contributed by atoms with Crippen molar-refractivity contribution < 1.29 is 8.83 Å². The van der Waals surface area contributed by atoms with Crippen LogP contribution in [0.1, 0.15) is 17.7 Å². The minimum Gasteiger partial charge on any atom is -0.456 e. The van der Waals surface area contributed by atoms with Gasteiger partial charge >= 0.3 is 0 Å². The van der Waals surface area contributed by atoms with Crippen molar-refractivity contribution in [3.63, 3.8) is 0 Å². The van der Waals surface area contributed by atoms with E-state index in [1.54, 1.807) is 0 Å². The summed E-state index contributed by atoms with van der Waals surface area (Å²) < 4.78 is 14.5. The number of hydrogen-bond donors (Lipinski definition) is 0. The van der Waals surface area contributed by atoms with E-state index in [-0.39, 0.29) is 0 Å². The largest absolute Gasteiger partial charge is 0.456 e. The van der Waals surface area contributed by atoms with Gasteiger partial charge in [0.15, 0.2) is 0 Å². The molecule has 1 aliphatic carbocycles. The number of rotatable bonds is 6. The third-order valence-corrected chi connectivity index (χ3v) is 23.9. The Morgan fingerprint density at radius 2 is 0.743 bits per heavy atom. The molecular weight excluding hydrogens is 929 g/mol. The van der Waals surface area contributed by atoms with Crippen LogP contribution < -0.4 is 20.7 Å². The maximum atomic E-state index is 7.28. The lowest BCUT2D eigenvalue weighted by atomic mass is 9.88. The first-order valence-corrected chi connectivity index (χ1v) is 32.2. The van der Waals surface area contributed by atoms with Crippen LogP contribution in [0.15, 0.2) is 221 Å². The molecule has 0 N–H and O–H groups in total. The van der Waals surface area contributed by atoms with Gasteiger partial charge in [0.2, 0.25) is 0 Å². The van der Waals surface area contributed by atoms with Gasteiger partial charge in [0, 0.05) is 32.8 Å². The molecule has 0 amide bonds. The SMILES string of the molecule is C[Si]1(C)c2cc3c(cc2-c2c1cc(-c1cc(-c4ccccc4)cc(-c4ccccc4)c1)c1c4c(oc21)C=CCC4)[Si](C)(C)c1cc(-c2cc(-c4ccccc4)cc(-c4ccccc4)c2)c2c(oc4ccccc42)c1-3. The summed E-state index contributed by atoms with van der Waals surface area (Å²) in [6.07, 6.45) is 6.47. The zero-order valence-electron chi connectivity index (χ0n) is 42.0. The summed E-state index contributed by atoms with van der Waals surface area (Å²) in [6.45, 7) is 10.3. The predicted octanol–water partition coefficient (Wildman–Crippen LogP) is 16.9. The van der Waals surface area contributed by atoms with Crippen LogP contribution in [0, 0.1) is 0 Å². The monoisotopic (exact) mass is 980 g/mol. The highest BCUT2D eigenvalue weighted by molar-refractivity contribution is 7.06. The number of allylic oxidation sites excluding steroid dienone is 1. The highest BCUT2D eigenvalue weighted by Crippen LogP contribution is 2.49. The Bertz CT molecular complexity index is 4210. The van der Waals surface area contributed by atoms with Crippen molar-refractivity contribution in [2.24, 2.45) is 0 Å². The van der Waals surface area contributed by atoms with Crippen molar-refractivity contribution in [2.45, 2.75) is 39.0 Å². The fourth-order valence-corrected chi connectivity index (χ4v) is 19.2. The van der Waals surface area contributed by atoms with Crippen LogP contribution in [0.4, 0.5) is 0 Å². The molecule has 0 unspecified atom stereocenters. The van der Waals surface area contributed by atoms with Gasteiger partial charge in [-0.3, -0.25) is 0 Å². The summed E-state index contributed by atoms with van der Waals surface area (Å²) in [7, 11) is -4.76.